The molecule has 4 heteroatoms. The van der Waals surface area contributed by atoms with E-state index in [1.54, 1.807) is 10.9 Å². The fourth-order valence-electron chi connectivity index (χ4n) is 2.29. The standard InChI is InChI=1S/C10H17N3O/c1-12-7-3-5-10(14,8-12)9-4-6-11-13(9)2/h4,6,14H,3,5,7-8H2,1-2H3. The van der Waals surface area contributed by atoms with Crippen LogP contribution in [0.1, 0.15) is 18.5 Å². The molecular formula is C10H17N3O. The normalized spacial score (nSPS) is 29.4. The number of hydrogen-bond donors (Lipinski definition) is 1. The second-order valence-electron chi connectivity index (χ2n) is 4.21. The first-order valence-electron chi connectivity index (χ1n) is 5.01. The Morgan fingerprint density at radius 3 is 2.86 bits per heavy atom. The average Bonchev–Trinajstić information content (AvgIpc) is 2.51. The highest BCUT2D eigenvalue weighted by molar-refractivity contribution is 5.13. The Bertz CT molecular complexity index is 323. The van der Waals surface area contributed by atoms with E-state index in [9.17, 15) is 5.11 Å². The van der Waals surface area contributed by atoms with Gasteiger partial charge in [-0.2, -0.15) is 5.10 Å². The lowest BCUT2D eigenvalue weighted by atomic mass is 9.90. The Kier molecular flexibility index (Phi) is 2.33. The van der Waals surface area contributed by atoms with Crippen molar-refractivity contribution in [2.45, 2.75) is 18.4 Å². The van der Waals surface area contributed by atoms with E-state index in [1.165, 1.54) is 0 Å². The van der Waals surface area contributed by atoms with E-state index in [-0.39, 0.29) is 0 Å². The van der Waals surface area contributed by atoms with Gasteiger partial charge in [0, 0.05) is 19.8 Å². The molecule has 78 valence electrons. The molecule has 1 aliphatic rings. The number of hydrogen-bond acceptors (Lipinski definition) is 3. The topological polar surface area (TPSA) is 41.3 Å². The summed E-state index contributed by atoms with van der Waals surface area (Å²) in [4.78, 5) is 2.16. The molecule has 1 aromatic heterocycles. The van der Waals surface area contributed by atoms with Gasteiger partial charge < -0.3 is 10.0 Å². The molecule has 1 N–H and O–H groups in total. The first-order valence-corrected chi connectivity index (χ1v) is 5.01. The van der Waals surface area contributed by atoms with E-state index in [4.69, 9.17) is 0 Å². The first kappa shape index (κ1) is 9.68. The number of likely N-dealkylation sites (N-methyl/N-ethyl adjacent to an activating group) is 1. The maximum absolute atomic E-state index is 10.5. The van der Waals surface area contributed by atoms with Gasteiger partial charge in [-0.3, -0.25) is 4.68 Å². The van der Waals surface area contributed by atoms with Gasteiger partial charge in [0.25, 0.3) is 0 Å². The molecule has 4 nitrogen and oxygen atoms in total. The summed E-state index contributed by atoms with van der Waals surface area (Å²) in [5.74, 6) is 0. The Labute approximate surface area is 84.1 Å². The van der Waals surface area contributed by atoms with Crippen molar-refractivity contribution in [3.8, 4) is 0 Å². The fraction of sp³-hybridized carbons (Fsp3) is 0.700. The zero-order chi connectivity index (χ0) is 10.2. The number of likely N-dealkylation sites (tertiary alicyclic amines) is 1. The zero-order valence-corrected chi connectivity index (χ0v) is 8.77. The second-order valence-corrected chi connectivity index (χ2v) is 4.21. The zero-order valence-electron chi connectivity index (χ0n) is 8.77. The molecule has 2 rings (SSSR count). The van der Waals surface area contributed by atoms with Crippen LogP contribution in [0.25, 0.3) is 0 Å². The minimum Gasteiger partial charge on any atom is -0.382 e. The Balaban J connectivity index is 2.27. The number of aliphatic hydroxyl groups is 1. The Morgan fingerprint density at radius 2 is 2.29 bits per heavy atom. The highest BCUT2D eigenvalue weighted by atomic mass is 16.3. The maximum atomic E-state index is 10.5. The molecule has 0 radical (unpaired) electrons. The molecule has 0 bridgehead atoms. The van der Waals surface area contributed by atoms with Gasteiger partial charge in [-0.05, 0) is 32.5 Å². The highest BCUT2D eigenvalue weighted by Crippen LogP contribution is 2.30. The van der Waals surface area contributed by atoms with Gasteiger partial charge in [-0.1, -0.05) is 0 Å². The Morgan fingerprint density at radius 1 is 1.50 bits per heavy atom. The lowest BCUT2D eigenvalue weighted by Gasteiger charge is -2.37. The van der Waals surface area contributed by atoms with E-state index in [0.717, 1.165) is 25.1 Å². The molecule has 2 heterocycles. The van der Waals surface area contributed by atoms with Crippen LogP contribution in [0.2, 0.25) is 0 Å². The molecule has 0 aromatic carbocycles. The SMILES string of the molecule is CN1CCCC(O)(c2ccnn2C)C1. The van der Waals surface area contributed by atoms with Crippen molar-refractivity contribution < 1.29 is 5.11 Å². The van der Waals surface area contributed by atoms with Gasteiger partial charge in [0.1, 0.15) is 5.60 Å². The number of aromatic nitrogens is 2. The van der Waals surface area contributed by atoms with Gasteiger partial charge in [-0.15, -0.1) is 0 Å². The smallest absolute Gasteiger partial charge is 0.119 e. The Hall–Kier alpha value is -0.870. The van der Waals surface area contributed by atoms with E-state index in [1.807, 2.05) is 20.2 Å². The van der Waals surface area contributed by atoms with E-state index >= 15 is 0 Å². The monoisotopic (exact) mass is 195 g/mol. The molecule has 0 saturated carbocycles. The van der Waals surface area contributed by atoms with E-state index in [2.05, 4.69) is 10.00 Å². The van der Waals surface area contributed by atoms with Gasteiger partial charge in [0.15, 0.2) is 0 Å². The third-order valence-electron chi connectivity index (χ3n) is 2.96. The second kappa shape index (κ2) is 3.37. The van der Waals surface area contributed by atoms with Crippen LogP contribution < -0.4 is 0 Å². The van der Waals surface area contributed by atoms with Crippen molar-refractivity contribution in [2.24, 2.45) is 7.05 Å². The molecule has 1 saturated heterocycles. The summed E-state index contributed by atoms with van der Waals surface area (Å²) in [5, 5.41) is 14.6. The number of aryl methyl sites for hydroxylation is 1. The predicted octanol–water partition coefficient (Wildman–Crippen LogP) is 0.333. The highest BCUT2D eigenvalue weighted by Gasteiger charge is 2.35. The van der Waals surface area contributed by atoms with Crippen LogP contribution in [0, 0.1) is 0 Å². The maximum Gasteiger partial charge on any atom is 0.119 e. The molecule has 1 aliphatic heterocycles. The molecule has 1 unspecified atom stereocenters. The fourth-order valence-corrected chi connectivity index (χ4v) is 2.29. The van der Waals surface area contributed by atoms with Crippen molar-refractivity contribution in [2.75, 3.05) is 20.1 Å². The third-order valence-corrected chi connectivity index (χ3v) is 2.96. The minimum atomic E-state index is -0.710. The molecule has 0 spiro atoms. The van der Waals surface area contributed by atoms with Crippen LogP contribution in [0.5, 0.6) is 0 Å². The molecule has 1 atom stereocenters. The van der Waals surface area contributed by atoms with Crippen molar-refractivity contribution in [1.82, 2.24) is 14.7 Å². The summed E-state index contributed by atoms with van der Waals surface area (Å²) in [7, 11) is 3.92. The summed E-state index contributed by atoms with van der Waals surface area (Å²) in [6, 6.07) is 1.90. The van der Waals surface area contributed by atoms with Crippen LogP contribution in [0.3, 0.4) is 0 Å². The van der Waals surface area contributed by atoms with Gasteiger partial charge in [0.05, 0.1) is 5.69 Å². The molecule has 0 aliphatic carbocycles. The molecule has 1 fully saturated rings. The lowest BCUT2D eigenvalue weighted by Crippen LogP contribution is -2.45. The predicted molar refractivity (Wildman–Crippen MR) is 53.8 cm³/mol. The molecular weight excluding hydrogens is 178 g/mol. The minimum absolute atomic E-state index is 0.701. The molecule has 0 amide bonds. The van der Waals surface area contributed by atoms with Crippen LogP contribution in [-0.2, 0) is 12.6 Å². The first-order chi connectivity index (χ1) is 6.62. The van der Waals surface area contributed by atoms with Crippen LogP contribution in [0.15, 0.2) is 12.3 Å². The van der Waals surface area contributed by atoms with Crippen molar-refractivity contribution in [3.05, 3.63) is 18.0 Å². The van der Waals surface area contributed by atoms with Gasteiger partial charge in [0.2, 0.25) is 0 Å². The number of nitrogens with zero attached hydrogens (tertiary/aromatic N) is 3. The summed E-state index contributed by atoms with van der Waals surface area (Å²) in [6.07, 6.45) is 3.61. The molecule has 14 heavy (non-hydrogen) atoms. The largest absolute Gasteiger partial charge is 0.382 e. The van der Waals surface area contributed by atoms with Crippen LogP contribution >= 0.6 is 0 Å². The molecule has 1 aromatic rings. The van der Waals surface area contributed by atoms with Gasteiger partial charge in [-0.25, -0.2) is 0 Å². The van der Waals surface area contributed by atoms with Crippen LogP contribution in [-0.4, -0.2) is 39.9 Å². The summed E-state index contributed by atoms with van der Waals surface area (Å²) in [5.41, 5.74) is 0.210. The quantitative estimate of drug-likeness (QED) is 0.702. The summed E-state index contributed by atoms with van der Waals surface area (Å²) in [6.45, 7) is 1.77. The average molecular weight is 195 g/mol. The number of β-amino-alcohol motifs (C(OH)–C–C–N with tert-alkyl or cyclic N) is 1. The van der Waals surface area contributed by atoms with E-state index < -0.39 is 5.60 Å². The number of piperidine rings is 1. The van der Waals surface area contributed by atoms with Gasteiger partial charge >= 0.3 is 0 Å². The van der Waals surface area contributed by atoms with Crippen molar-refractivity contribution >= 4 is 0 Å². The summed E-state index contributed by atoms with van der Waals surface area (Å²) < 4.78 is 1.76. The number of rotatable bonds is 1. The van der Waals surface area contributed by atoms with Crippen molar-refractivity contribution in [1.29, 1.82) is 0 Å². The van der Waals surface area contributed by atoms with Crippen LogP contribution in [0.4, 0.5) is 0 Å². The van der Waals surface area contributed by atoms with E-state index in [0.29, 0.717) is 6.54 Å². The summed E-state index contributed by atoms with van der Waals surface area (Å²) >= 11 is 0. The van der Waals surface area contributed by atoms with Crippen molar-refractivity contribution in [3.63, 3.8) is 0 Å². The lowest BCUT2D eigenvalue weighted by molar-refractivity contribution is -0.0339. The third kappa shape index (κ3) is 1.55.